The lowest BCUT2D eigenvalue weighted by Gasteiger charge is -2.36. The highest BCUT2D eigenvalue weighted by molar-refractivity contribution is 5.66. The minimum absolute atomic E-state index is 0.147. The number of likely N-dealkylation sites (tertiary alicyclic amines) is 1. The van der Waals surface area contributed by atoms with Gasteiger partial charge in [0.25, 0.3) is 0 Å². The summed E-state index contributed by atoms with van der Waals surface area (Å²) in [6.07, 6.45) is 2.39. The van der Waals surface area contributed by atoms with Crippen LogP contribution in [-0.2, 0) is 0 Å². The Bertz CT molecular complexity index is 329. The molecule has 13 heavy (non-hydrogen) atoms. The quantitative estimate of drug-likeness (QED) is 0.640. The summed E-state index contributed by atoms with van der Waals surface area (Å²) in [5, 5.41) is 12.6. The van der Waals surface area contributed by atoms with E-state index in [1.165, 1.54) is 4.90 Å². The monoisotopic (exact) mass is 182 g/mol. The Morgan fingerprint density at radius 3 is 2.85 bits per heavy atom. The fraction of sp³-hybridized carbons (Fsp3) is 0.429. The maximum Gasteiger partial charge on any atom is 0.407 e. The number of aromatic nitrogens is 2. The van der Waals surface area contributed by atoms with Gasteiger partial charge in [-0.3, -0.25) is 4.68 Å². The van der Waals surface area contributed by atoms with Crippen molar-refractivity contribution in [3.63, 3.8) is 0 Å². The number of rotatable bonds is 1. The molecule has 0 spiro atoms. The van der Waals surface area contributed by atoms with Gasteiger partial charge < -0.3 is 15.7 Å². The van der Waals surface area contributed by atoms with Crippen molar-refractivity contribution in [3.8, 4) is 0 Å². The topological polar surface area (TPSA) is 84.4 Å². The first-order valence-electron chi connectivity index (χ1n) is 3.94. The lowest BCUT2D eigenvalue weighted by Crippen LogP contribution is -2.50. The minimum atomic E-state index is -0.878. The standard InChI is InChI=1S/C7H10N4O2/c8-5-1-9-11(2-5)6-3-10(4-6)7(12)13/h1-2,6H,3-4,8H2,(H,12,13). The minimum Gasteiger partial charge on any atom is -0.465 e. The van der Waals surface area contributed by atoms with Crippen molar-refractivity contribution in [1.29, 1.82) is 0 Å². The highest BCUT2D eigenvalue weighted by Crippen LogP contribution is 2.20. The Balaban J connectivity index is 1.97. The second-order valence-corrected chi connectivity index (χ2v) is 3.10. The molecule has 3 N–H and O–H groups in total. The van der Waals surface area contributed by atoms with Crippen LogP contribution in [0.4, 0.5) is 10.5 Å². The van der Waals surface area contributed by atoms with E-state index in [9.17, 15) is 4.79 Å². The van der Waals surface area contributed by atoms with Gasteiger partial charge in [0.15, 0.2) is 0 Å². The van der Waals surface area contributed by atoms with E-state index in [2.05, 4.69) is 5.10 Å². The molecule has 70 valence electrons. The van der Waals surface area contributed by atoms with Crippen molar-refractivity contribution in [1.82, 2.24) is 14.7 Å². The Hall–Kier alpha value is -1.72. The van der Waals surface area contributed by atoms with E-state index in [1.54, 1.807) is 17.1 Å². The third-order valence-electron chi connectivity index (χ3n) is 2.13. The summed E-state index contributed by atoms with van der Waals surface area (Å²) >= 11 is 0. The molecule has 1 aliphatic rings. The molecule has 6 heteroatoms. The molecular formula is C7H10N4O2. The van der Waals surface area contributed by atoms with E-state index < -0.39 is 6.09 Å². The number of nitrogens with two attached hydrogens (primary N) is 1. The lowest BCUT2D eigenvalue weighted by molar-refractivity contribution is 0.0812. The van der Waals surface area contributed by atoms with Gasteiger partial charge in [0.2, 0.25) is 0 Å². The zero-order valence-electron chi connectivity index (χ0n) is 6.92. The SMILES string of the molecule is Nc1cnn(C2CN(C(=O)O)C2)c1. The van der Waals surface area contributed by atoms with E-state index in [0.717, 1.165) is 0 Å². The van der Waals surface area contributed by atoms with Crippen LogP contribution in [0.5, 0.6) is 0 Å². The number of nitrogen functional groups attached to an aromatic ring is 1. The fourth-order valence-electron chi connectivity index (χ4n) is 1.33. The van der Waals surface area contributed by atoms with Crippen molar-refractivity contribution in [2.75, 3.05) is 18.8 Å². The third-order valence-corrected chi connectivity index (χ3v) is 2.13. The van der Waals surface area contributed by atoms with Crippen LogP contribution in [0.1, 0.15) is 6.04 Å². The van der Waals surface area contributed by atoms with Gasteiger partial charge in [-0.25, -0.2) is 4.79 Å². The summed E-state index contributed by atoms with van der Waals surface area (Å²) in [6, 6.07) is 0.147. The first kappa shape index (κ1) is 7.90. The molecule has 0 radical (unpaired) electrons. The normalized spacial score (nSPS) is 17.1. The van der Waals surface area contributed by atoms with E-state index in [-0.39, 0.29) is 6.04 Å². The molecule has 1 aromatic heterocycles. The second kappa shape index (κ2) is 2.65. The van der Waals surface area contributed by atoms with Gasteiger partial charge in [-0.15, -0.1) is 0 Å². The summed E-state index contributed by atoms with van der Waals surface area (Å²) in [5.74, 6) is 0. The number of nitrogens with zero attached hydrogens (tertiary/aromatic N) is 3. The molecule has 0 aromatic carbocycles. The molecule has 0 atom stereocenters. The molecule has 1 aliphatic heterocycles. The molecule has 0 aliphatic carbocycles. The van der Waals surface area contributed by atoms with E-state index in [4.69, 9.17) is 10.8 Å². The van der Waals surface area contributed by atoms with Crippen LogP contribution in [0.15, 0.2) is 12.4 Å². The van der Waals surface area contributed by atoms with Gasteiger partial charge in [0.1, 0.15) is 0 Å². The number of anilines is 1. The molecule has 6 nitrogen and oxygen atoms in total. The van der Waals surface area contributed by atoms with Crippen LogP contribution in [0.2, 0.25) is 0 Å². The molecule has 0 bridgehead atoms. The average Bonchev–Trinajstić information content (AvgIpc) is 2.31. The molecule has 1 saturated heterocycles. The third kappa shape index (κ3) is 1.30. The number of amides is 1. The molecule has 0 unspecified atom stereocenters. The lowest BCUT2D eigenvalue weighted by atomic mass is 10.1. The van der Waals surface area contributed by atoms with Crippen molar-refractivity contribution in [2.45, 2.75) is 6.04 Å². The van der Waals surface area contributed by atoms with Crippen LogP contribution in [0.25, 0.3) is 0 Å². The van der Waals surface area contributed by atoms with Gasteiger partial charge >= 0.3 is 6.09 Å². The van der Waals surface area contributed by atoms with Crippen molar-refractivity contribution < 1.29 is 9.90 Å². The van der Waals surface area contributed by atoms with Crippen LogP contribution in [-0.4, -0.2) is 39.0 Å². The van der Waals surface area contributed by atoms with E-state index >= 15 is 0 Å². The van der Waals surface area contributed by atoms with E-state index in [1.807, 2.05) is 0 Å². The Labute approximate surface area is 74.5 Å². The van der Waals surface area contributed by atoms with Crippen molar-refractivity contribution in [3.05, 3.63) is 12.4 Å². The smallest absolute Gasteiger partial charge is 0.407 e. The summed E-state index contributed by atoms with van der Waals surface area (Å²) in [4.78, 5) is 11.8. The molecule has 2 rings (SSSR count). The van der Waals surface area contributed by atoms with Crippen LogP contribution in [0.3, 0.4) is 0 Å². The van der Waals surface area contributed by atoms with Crippen molar-refractivity contribution in [2.24, 2.45) is 0 Å². The maximum absolute atomic E-state index is 10.4. The van der Waals surface area contributed by atoms with Gasteiger partial charge in [0.05, 0.1) is 17.9 Å². The summed E-state index contributed by atoms with van der Waals surface area (Å²) in [6.45, 7) is 0.993. The zero-order valence-corrected chi connectivity index (χ0v) is 6.92. The predicted octanol–water partition coefficient (Wildman–Crippen LogP) is -0.0000000000000000555. The summed E-state index contributed by atoms with van der Waals surface area (Å²) in [5.41, 5.74) is 6.08. The van der Waals surface area contributed by atoms with Crippen LogP contribution < -0.4 is 5.73 Å². The fourth-order valence-corrected chi connectivity index (χ4v) is 1.33. The highest BCUT2D eigenvalue weighted by Gasteiger charge is 2.31. The van der Waals surface area contributed by atoms with Crippen molar-refractivity contribution >= 4 is 11.8 Å². The molecule has 2 heterocycles. The number of hydrogen-bond donors (Lipinski definition) is 2. The first-order chi connectivity index (χ1) is 6.16. The van der Waals surface area contributed by atoms with Crippen LogP contribution in [0, 0.1) is 0 Å². The number of carboxylic acid groups (broad SMARTS) is 1. The Morgan fingerprint density at radius 1 is 1.69 bits per heavy atom. The number of carbonyl (C=O) groups is 1. The van der Waals surface area contributed by atoms with E-state index in [0.29, 0.717) is 18.8 Å². The Kier molecular flexibility index (Phi) is 1.61. The second-order valence-electron chi connectivity index (χ2n) is 3.10. The highest BCUT2D eigenvalue weighted by atomic mass is 16.4. The van der Waals surface area contributed by atoms with Gasteiger partial charge in [0, 0.05) is 19.3 Å². The van der Waals surface area contributed by atoms with Gasteiger partial charge in [-0.1, -0.05) is 0 Å². The first-order valence-corrected chi connectivity index (χ1v) is 3.94. The van der Waals surface area contributed by atoms with Gasteiger partial charge in [-0.05, 0) is 0 Å². The molecular weight excluding hydrogens is 172 g/mol. The Morgan fingerprint density at radius 2 is 2.38 bits per heavy atom. The van der Waals surface area contributed by atoms with Crippen LogP contribution >= 0.6 is 0 Å². The number of hydrogen-bond acceptors (Lipinski definition) is 3. The summed E-state index contributed by atoms with van der Waals surface area (Å²) < 4.78 is 1.70. The zero-order chi connectivity index (χ0) is 9.42. The average molecular weight is 182 g/mol. The maximum atomic E-state index is 10.4. The van der Waals surface area contributed by atoms with Gasteiger partial charge in [-0.2, -0.15) is 5.10 Å². The molecule has 0 saturated carbocycles. The predicted molar refractivity (Wildman–Crippen MR) is 45.3 cm³/mol. The molecule has 1 amide bonds. The largest absolute Gasteiger partial charge is 0.465 e. The molecule has 1 aromatic rings. The summed E-state index contributed by atoms with van der Waals surface area (Å²) in [7, 11) is 0. The molecule has 1 fully saturated rings.